The smallest absolute Gasteiger partial charge is 0.268 e. The molecule has 0 bridgehead atoms. The zero-order chi connectivity index (χ0) is 24.4. The molecule has 34 heavy (non-hydrogen) atoms. The molecule has 3 aromatic carbocycles. The van der Waals surface area contributed by atoms with E-state index in [2.05, 4.69) is 0 Å². The highest BCUT2D eigenvalue weighted by atomic mass is 35.5. The van der Waals surface area contributed by atoms with Crippen LogP contribution in [0.25, 0.3) is 6.08 Å². The van der Waals surface area contributed by atoms with E-state index < -0.39 is 16.1 Å². The Labute approximate surface area is 218 Å². The first-order valence-electron chi connectivity index (χ1n) is 9.63. The largest absolute Gasteiger partial charge is 0.293 e. The monoisotopic (exact) mass is 550 g/mol. The molecule has 2 amide bonds. The first-order valence-corrected chi connectivity index (χ1v) is 12.4. The van der Waals surface area contributed by atoms with Gasteiger partial charge in [0.15, 0.2) is 0 Å². The zero-order valence-corrected chi connectivity index (χ0v) is 20.9. The standard InChI is InChI=1S/C23H13Cl3N2O4S2/c24-14-5-7-15(8-6-14)33-20-9-4-13(10-19(20)28(31)32)11-21-22(29)27(23(30)34-21)12-16-17(25)2-1-3-18(16)26/h1-11H,12H2. The van der Waals surface area contributed by atoms with E-state index in [-0.39, 0.29) is 17.1 Å². The number of hydrogen-bond acceptors (Lipinski definition) is 6. The number of carbonyl (C=O) groups is 2. The van der Waals surface area contributed by atoms with Crippen LogP contribution in [0.15, 0.2) is 75.4 Å². The fourth-order valence-electron chi connectivity index (χ4n) is 3.11. The number of imide groups is 1. The van der Waals surface area contributed by atoms with E-state index in [0.717, 1.165) is 21.6 Å². The Balaban J connectivity index is 1.59. The number of rotatable bonds is 6. The first kappa shape index (κ1) is 24.6. The van der Waals surface area contributed by atoms with Crippen molar-refractivity contribution in [2.75, 3.05) is 0 Å². The fraction of sp³-hybridized carbons (Fsp3) is 0.0435. The molecule has 1 saturated heterocycles. The molecule has 1 heterocycles. The van der Waals surface area contributed by atoms with Gasteiger partial charge in [-0.05, 0) is 65.9 Å². The van der Waals surface area contributed by atoms with Crippen LogP contribution in [0, 0.1) is 10.1 Å². The van der Waals surface area contributed by atoms with Gasteiger partial charge in [0.25, 0.3) is 16.8 Å². The summed E-state index contributed by atoms with van der Waals surface area (Å²) in [4.78, 5) is 39.0. The van der Waals surface area contributed by atoms with Crippen molar-refractivity contribution in [2.24, 2.45) is 0 Å². The third kappa shape index (κ3) is 5.42. The molecule has 4 rings (SSSR count). The van der Waals surface area contributed by atoms with Crippen molar-refractivity contribution < 1.29 is 14.5 Å². The molecule has 1 aliphatic heterocycles. The summed E-state index contributed by atoms with van der Waals surface area (Å²) >= 11 is 20.2. The molecule has 0 unspecified atom stereocenters. The molecule has 0 aliphatic carbocycles. The van der Waals surface area contributed by atoms with Crippen LogP contribution in [0.3, 0.4) is 0 Å². The zero-order valence-electron chi connectivity index (χ0n) is 17.0. The second-order valence-corrected chi connectivity index (χ2v) is 10.4. The first-order chi connectivity index (χ1) is 16.2. The number of thioether (sulfide) groups is 1. The van der Waals surface area contributed by atoms with E-state index in [4.69, 9.17) is 34.8 Å². The second kappa shape index (κ2) is 10.4. The number of amides is 2. The summed E-state index contributed by atoms with van der Waals surface area (Å²) in [7, 11) is 0. The number of nitrogens with zero attached hydrogens (tertiary/aromatic N) is 2. The number of carbonyl (C=O) groups excluding carboxylic acids is 2. The Kier molecular flexibility index (Phi) is 7.54. The molecule has 3 aromatic rings. The van der Waals surface area contributed by atoms with Crippen LogP contribution in [0.1, 0.15) is 11.1 Å². The predicted molar refractivity (Wildman–Crippen MR) is 137 cm³/mol. The van der Waals surface area contributed by atoms with Gasteiger partial charge in [0.2, 0.25) is 0 Å². The molecule has 1 fully saturated rings. The summed E-state index contributed by atoms with van der Waals surface area (Å²) in [5.41, 5.74) is 0.776. The lowest BCUT2D eigenvalue weighted by Crippen LogP contribution is -2.27. The van der Waals surface area contributed by atoms with Crippen molar-refractivity contribution >= 4 is 81.2 Å². The molecular formula is C23H13Cl3N2O4S2. The molecule has 0 spiro atoms. The number of nitro groups is 1. The number of nitro benzene ring substituents is 1. The average molecular weight is 552 g/mol. The molecule has 0 atom stereocenters. The van der Waals surface area contributed by atoms with Gasteiger partial charge < -0.3 is 0 Å². The Hall–Kier alpha value is -2.49. The fourth-order valence-corrected chi connectivity index (χ4v) is 5.49. The van der Waals surface area contributed by atoms with Crippen LogP contribution in [0.5, 0.6) is 0 Å². The van der Waals surface area contributed by atoms with Gasteiger partial charge in [0.05, 0.1) is 21.3 Å². The van der Waals surface area contributed by atoms with E-state index in [0.29, 0.717) is 31.1 Å². The van der Waals surface area contributed by atoms with E-state index in [1.807, 2.05) is 0 Å². The Morgan fingerprint density at radius 2 is 1.68 bits per heavy atom. The number of hydrogen-bond donors (Lipinski definition) is 0. The molecule has 1 aliphatic rings. The van der Waals surface area contributed by atoms with Gasteiger partial charge in [0, 0.05) is 31.6 Å². The molecule has 11 heteroatoms. The van der Waals surface area contributed by atoms with Crippen LogP contribution < -0.4 is 0 Å². The normalized spacial score (nSPS) is 14.8. The van der Waals surface area contributed by atoms with Gasteiger partial charge in [-0.2, -0.15) is 0 Å². The molecule has 0 radical (unpaired) electrons. The highest BCUT2D eigenvalue weighted by Crippen LogP contribution is 2.38. The maximum atomic E-state index is 12.9. The van der Waals surface area contributed by atoms with Crippen LogP contribution >= 0.6 is 58.3 Å². The molecular weight excluding hydrogens is 539 g/mol. The van der Waals surface area contributed by atoms with Gasteiger partial charge in [-0.15, -0.1) is 0 Å². The van der Waals surface area contributed by atoms with Crippen molar-refractivity contribution in [3.63, 3.8) is 0 Å². The summed E-state index contributed by atoms with van der Waals surface area (Å²) in [6.07, 6.45) is 1.46. The number of benzene rings is 3. The lowest BCUT2D eigenvalue weighted by molar-refractivity contribution is -0.387. The van der Waals surface area contributed by atoms with Crippen molar-refractivity contribution in [2.45, 2.75) is 16.3 Å². The lowest BCUT2D eigenvalue weighted by Gasteiger charge is -2.14. The second-order valence-electron chi connectivity index (χ2n) is 7.01. The van der Waals surface area contributed by atoms with E-state index in [9.17, 15) is 19.7 Å². The maximum absolute atomic E-state index is 12.9. The SMILES string of the molecule is O=C1SC(=Cc2ccc(Sc3ccc(Cl)cc3)c([N+](=O)[O-])c2)C(=O)N1Cc1c(Cl)cccc1Cl. The molecule has 0 saturated carbocycles. The van der Waals surface area contributed by atoms with Crippen LogP contribution in [-0.4, -0.2) is 21.0 Å². The van der Waals surface area contributed by atoms with Gasteiger partial charge in [0.1, 0.15) is 0 Å². The van der Waals surface area contributed by atoms with E-state index in [1.54, 1.807) is 54.6 Å². The Morgan fingerprint density at radius 1 is 1.00 bits per heavy atom. The molecule has 172 valence electrons. The summed E-state index contributed by atoms with van der Waals surface area (Å²) in [6, 6.07) is 16.5. The summed E-state index contributed by atoms with van der Waals surface area (Å²) < 4.78 is 0. The molecule has 0 N–H and O–H groups in total. The minimum absolute atomic E-state index is 0.0721. The van der Waals surface area contributed by atoms with Gasteiger partial charge in [-0.1, -0.05) is 58.7 Å². The van der Waals surface area contributed by atoms with Crippen LogP contribution in [-0.2, 0) is 11.3 Å². The Morgan fingerprint density at radius 3 is 2.32 bits per heavy atom. The quantitative estimate of drug-likeness (QED) is 0.176. The summed E-state index contributed by atoms with van der Waals surface area (Å²) in [5.74, 6) is -0.520. The van der Waals surface area contributed by atoms with Crippen LogP contribution in [0.2, 0.25) is 15.1 Å². The minimum atomic E-state index is -0.520. The van der Waals surface area contributed by atoms with Crippen molar-refractivity contribution in [1.29, 1.82) is 0 Å². The highest BCUT2D eigenvalue weighted by Gasteiger charge is 2.35. The van der Waals surface area contributed by atoms with E-state index >= 15 is 0 Å². The predicted octanol–water partition coefficient (Wildman–Crippen LogP) is 7.94. The van der Waals surface area contributed by atoms with Crippen molar-refractivity contribution in [3.05, 3.63) is 102 Å². The topological polar surface area (TPSA) is 80.5 Å². The number of halogens is 3. The van der Waals surface area contributed by atoms with Crippen molar-refractivity contribution in [1.82, 2.24) is 4.90 Å². The van der Waals surface area contributed by atoms with Crippen molar-refractivity contribution in [3.8, 4) is 0 Å². The minimum Gasteiger partial charge on any atom is -0.268 e. The highest BCUT2D eigenvalue weighted by molar-refractivity contribution is 8.18. The maximum Gasteiger partial charge on any atom is 0.293 e. The third-order valence-electron chi connectivity index (χ3n) is 4.77. The Bertz CT molecular complexity index is 1330. The van der Waals surface area contributed by atoms with Crippen LogP contribution in [0.4, 0.5) is 10.5 Å². The summed E-state index contributed by atoms with van der Waals surface area (Å²) in [6.45, 7) is -0.0721. The third-order valence-corrected chi connectivity index (χ3v) is 7.71. The molecule has 0 aromatic heterocycles. The van der Waals surface area contributed by atoms with E-state index in [1.165, 1.54) is 23.9 Å². The van der Waals surface area contributed by atoms with Gasteiger partial charge in [-0.25, -0.2) is 0 Å². The lowest BCUT2D eigenvalue weighted by atomic mass is 10.1. The average Bonchev–Trinajstić information content (AvgIpc) is 3.05. The van der Waals surface area contributed by atoms with Gasteiger partial charge >= 0.3 is 0 Å². The van der Waals surface area contributed by atoms with Gasteiger partial charge in [-0.3, -0.25) is 24.6 Å². The summed E-state index contributed by atoms with van der Waals surface area (Å²) in [5, 5.41) is 12.5. The molecule has 6 nitrogen and oxygen atoms in total.